The zero-order chi connectivity index (χ0) is 45.3. The van der Waals surface area contributed by atoms with Crippen LogP contribution in [0.5, 0.6) is 0 Å². The summed E-state index contributed by atoms with van der Waals surface area (Å²) in [6.45, 7) is 20.9. The van der Waals surface area contributed by atoms with Crippen LogP contribution >= 0.6 is 0 Å². The number of alkyl halides is 3. The number of hydrogen-bond donors (Lipinski definition) is 0. The first-order chi connectivity index (χ1) is 32.1. The molecule has 9 aromatic carbocycles. The van der Waals surface area contributed by atoms with Gasteiger partial charge in [0.1, 0.15) is 0 Å². The van der Waals surface area contributed by atoms with Crippen molar-refractivity contribution in [2.75, 3.05) is 0 Å². The molecule has 314 valence electrons. The second-order valence-corrected chi connectivity index (χ2v) is 16.8. The van der Waals surface area contributed by atoms with Gasteiger partial charge in [-0.2, -0.15) is 13.2 Å². The quantitative estimate of drug-likeness (QED) is 0.148. The molecule has 0 aliphatic rings. The minimum Gasteiger partial charge on any atom is -0.310 e. The van der Waals surface area contributed by atoms with Crippen molar-refractivity contribution >= 4 is 55.0 Å². The van der Waals surface area contributed by atoms with E-state index < -0.39 is 11.7 Å². The smallest absolute Gasteiger partial charge is 0.310 e. The van der Waals surface area contributed by atoms with Gasteiger partial charge in [0.2, 0.25) is 0 Å². The van der Waals surface area contributed by atoms with E-state index in [-0.39, 0.29) is 5.69 Å². The van der Waals surface area contributed by atoms with Gasteiger partial charge in [-0.15, -0.1) is 0 Å². The molecule has 66 heavy (non-hydrogen) atoms. The molecule has 0 saturated heterocycles. The van der Waals surface area contributed by atoms with E-state index in [4.69, 9.17) is 13.1 Å². The SMILES string of the molecule is [C-]#[N+]c1cc(C(F)(F)F)ccc1-c1ccc(-n2c3ccccc3c3cc(-c4cccc(C)c4)ccc32)c(-c2c([N+]#[C-])cccc2-n2c3ccccc3c3cc(-c4cccc(C)c4)ccc32)c1. The number of para-hydroxylation sites is 2. The van der Waals surface area contributed by atoms with Crippen molar-refractivity contribution in [3.8, 4) is 55.9 Å². The van der Waals surface area contributed by atoms with Crippen molar-refractivity contribution in [2.24, 2.45) is 0 Å². The third kappa shape index (κ3) is 6.60. The number of halogens is 3. The number of rotatable bonds is 6. The first-order valence-electron chi connectivity index (χ1n) is 21.5. The number of fused-ring (bicyclic) bond motifs is 6. The van der Waals surface area contributed by atoms with E-state index in [1.807, 2.05) is 60.7 Å². The molecule has 11 rings (SSSR count). The Balaban J connectivity index is 1.23. The molecule has 2 aromatic heterocycles. The van der Waals surface area contributed by atoms with Gasteiger partial charge in [-0.1, -0.05) is 139 Å². The first-order valence-corrected chi connectivity index (χ1v) is 21.5. The molecule has 7 heteroatoms. The number of aryl methyl sites for hydroxylation is 2. The van der Waals surface area contributed by atoms with Gasteiger partial charge in [-0.3, -0.25) is 0 Å². The number of nitrogens with zero attached hydrogens (tertiary/aromatic N) is 4. The van der Waals surface area contributed by atoms with Gasteiger partial charge in [0.05, 0.1) is 40.9 Å². The third-order valence-corrected chi connectivity index (χ3v) is 12.7. The van der Waals surface area contributed by atoms with Crippen molar-refractivity contribution in [1.82, 2.24) is 9.13 Å². The molecule has 0 saturated carbocycles. The van der Waals surface area contributed by atoms with Crippen LogP contribution in [0.2, 0.25) is 0 Å². The fourth-order valence-electron chi connectivity index (χ4n) is 9.70. The summed E-state index contributed by atoms with van der Waals surface area (Å²) in [6, 6.07) is 61.3. The highest BCUT2D eigenvalue weighted by Gasteiger charge is 2.31. The van der Waals surface area contributed by atoms with Gasteiger partial charge in [0, 0.05) is 38.4 Å². The summed E-state index contributed by atoms with van der Waals surface area (Å²) in [6.07, 6.45) is -4.62. The molecule has 0 bridgehead atoms. The molecule has 0 spiro atoms. The largest absolute Gasteiger partial charge is 0.415 e. The highest BCUT2D eigenvalue weighted by atomic mass is 19.4. The van der Waals surface area contributed by atoms with E-state index in [1.54, 1.807) is 0 Å². The Hall–Kier alpha value is -8.65. The van der Waals surface area contributed by atoms with Gasteiger partial charge in [0.25, 0.3) is 0 Å². The zero-order valence-corrected chi connectivity index (χ0v) is 35.8. The van der Waals surface area contributed by atoms with E-state index in [1.165, 1.54) is 17.2 Å². The molecule has 0 aliphatic heterocycles. The highest BCUT2D eigenvalue weighted by Crippen LogP contribution is 2.47. The minimum atomic E-state index is -4.62. The van der Waals surface area contributed by atoms with Crippen LogP contribution in [-0.4, -0.2) is 9.13 Å². The number of aromatic nitrogens is 2. The van der Waals surface area contributed by atoms with E-state index in [2.05, 4.69) is 142 Å². The summed E-state index contributed by atoms with van der Waals surface area (Å²) in [4.78, 5) is 7.77. The van der Waals surface area contributed by atoms with Crippen LogP contribution in [0.4, 0.5) is 24.5 Å². The predicted molar refractivity (Wildman–Crippen MR) is 264 cm³/mol. The molecule has 0 fully saturated rings. The van der Waals surface area contributed by atoms with Crippen LogP contribution in [0.25, 0.3) is 109 Å². The average Bonchev–Trinajstić information content (AvgIpc) is 3.85. The van der Waals surface area contributed by atoms with Gasteiger partial charge in [-0.25, -0.2) is 9.69 Å². The Bertz CT molecular complexity index is 3870. The lowest BCUT2D eigenvalue weighted by Crippen LogP contribution is -2.04. The average molecular weight is 859 g/mol. The van der Waals surface area contributed by atoms with Crippen LogP contribution in [0.1, 0.15) is 16.7 Å². The Kier molecular flexibility index (Phi) is 9.46. The normalized spacial score (nSPS) is 11.7. The molecule has 11 aromatic rings. The van der Waals surface area contributed by atoms with E-state index in [9.17, 15) is 13.2 Å². The fraction of sp³-hybridized carbons (Fsp3) is 0.0508. The maximum absolute atomic E-state index is 14.0. The lowest BCUT2D eigenvalue weighted by Gasteiger charge is -2.21. The molecule has 0 amide bonds. The monoisotopic (exact) mass is 858 g/mol. The van der Waals surface area contributed by atoms with Crippen LogP contribution in [0.15, 0.2) is 188 Å². The van der Waals surface area contributed by atoms with Crippen LogP contribution in [-0.2, 0) is 6.18 Å². The predicted octanol–water partition coefficient (Wildman–Crippen LogP) is 17.3. The summed E-state index contributed by atoms with van der Waals surface area (Å²) in [5.41, 5.74) is 13.7. The molecule has 0 unspecified atom stereocenters. The molecular formula is C59H37F3N4. The van der Waals surface area contributed by atoms with Crippen molar-refractivity contribution in [3.05, 3.63) is 228 Å². The summed E-state index contributed by atoms with van der Waals surface area (Å²) in [7, 11) is 0. The molecule has 0 N–H and O–H groups in total. The van der Waals surface area contributed by atoms with Crippen molar-refractivity contribution in [1.29, 1.82) is 0 Å². The zero-order valence-electron chi connectivity index (χ0n) is 35.8. The Morgan fingerprint density at radius 1 is 0.394 bits per heavy atom. The summed E-state index contributed by atoms with van der Waals surface area (Å²) in [5.74, 6) is 0. The Labute approximate surface area is 379 Å². The van der Waals surface area contributed by atoms with Gasteiger partial charge >= 0.3 is 6.18 Å². The lowest BCUT2D eigenvalue weighted by molar-refractivity contribution is -0.137. The highest BCUT2D eigenvalue weighted by molar-refractivity contribution is 6.13. The molecule has 0 radical (unpaired) electrons. The molecular weight excluding hydrogens is 822 g/mol. The van der Waals surface area contributed by atoms with Crippen LogP contribution < -0.4 is 0 Å². The number of benzene rings is 9. The summed E-state index contributed by atoms with van der Waals surface area (Å²) < 4.78 is 46.4. The maximum Gasteiger partial charge on any atom is 0.415 e. The van der Waals surface area contributed by atoms with Crippen molar-refractivity contribution in [2.45, 2.75) is 20.0 Å². The van der Waals surface area contributed by atoms with Crippen molar-refractivity contribution in [3.63, 3.8) is 0 Å². The first kappa shape index (κ1) is 40.1. The molecule has 0 aliphatic carbocycles. The van der Waals surface area contributed by atoms with E-state index in [0.29, 0.717) is 27.9 Å². The van der Waals surface area contributed by atoms with E-state index >= 15 is 0 Å². The van der Waals surface area contributed by atoms with E-state index in [0.717, 1.165) is 89.4 Å². The molecule has 4 nitrogen and oxygen atoms in total. The topological polar surface area (TPSA) is 18.6 Å². The lowest BCUT2D eigenvalue weighted by atomic mass is 9.93. The van der Waals surface area contributed by atoms with Gasteiger partial charge in [0.15, 0.2) is 11.4 Å². The fourth-order valence-corrected chi connectivity index (χ4v) is 9.70. The Morgan fingerprint density at radius 2 is 0.909 bits per heavy atom. The van der Waals surface area contributed by atoms with Crippen LogP contribution in [0.3, 0.4) is 0 Å². The molecule has 2 heterocycles. The summed E-state index contributed by atoms with van der Waals surface area (Å²) in [5, 5.41) is 4.19. The number of hydrogen-bond acceptors (Lipinski definition) is 0. The minimum absolute atomic E-state index is 0.116. The van der Waals surface area contributed by atoms with Crippen molar-refractivity contribution < 1.29 is 13.2 Å². The Morgan fingerprint density at radius 3 is 1.47 bits per heavy atom. The van der Waals surface area contributed by atoms with Gasteiger partial charge in [-0.05, 0) is 113 Å². The summed E-state index contributed by atoms with van der Waals surface area (Å²) >= 11 is 0. The van der Waals surface area contributed by atoms with Crippen LogP contribution in [0, 0.1) is 27.0 Å². The second-order valence-electron chi connectivity index (χ2n) is 16.8. The molecule has 0 atom stereocenters. The third-order valence-electron chi connectivity index (χ3n) is 12.7. The standard InChI is InChI=1S/C59H37F3N4/c1-36-12-9-14-38(30-36)40-22-27-54-47(32-40)45-16-5-7-19-52(45)65(54)56-29-24-42(44-26-25-43(59(60,61)62)35-51(44)64-4)34-49(56)58-50(63-3)18-11-21-57(58)66-53-20-8-6-17-46(53)48-33-41(23-28-55(48)66)39-15-10-13-37(2)31-39/h5-35H,1-2H3. The second kappa shape index (κ2) is 15.6. The van der Waals surface area contributed by atoms with Gasteiger partial charge < -0.3 is 9.13 Å². The maximum atomic E-state index is 14.0.